The zero-order valence-electron chi connectivity index (χ0n) is 23.5. The average molecular weight is 522 g/mol. The number of carbonyl (C=O) groups is 2. The molecule has 212 valence electrons. The SMILES string of the molecule is COCCOCCOCC(=O)NC1CCC2(C)C(CCC3C4CCC(CCCC(=O)O)C4(C)CCC32)C1. The van der Waals surface area contributed by atoms with Crippen molar-refractivity contribution >= 4 is 11.9 Å². The highest BCUT2D eigenvalue weighted by Gasteiger charge is 2.59. The fourth-order valence-electron chi connectivity index (χ4n) is 9.27. The van der Waals surface area contributed by atoms with Crippen LogP contribution in [-0.4, -0.2) is 63.2 Å². The highest BCUT2D eigenvalue weighted by molar-refractivity contribution is 5.77. The maximum absolute atomic E-state index is 12.5. The summed E-state index contributed by atoms with van der Waals surface area (Å²) in [6, 6.07) is 0.266. The molecule has 1 amide bonds. The molecule has 0 spiro atoms. The molecule has 0 bridgehead atoms. The van der Waals surface area contributed by atoms with Crippen LogP contribution in [0.15, 0.2) is 0 Å². The summed E-state index contributed by atoms with van der Waals surface area (Å²) in [6.45, 7) is 7.23. The van der Waals surface area contributed by atoms with Gasteiger partial charge in [-0.2, -0.15) is 0 Å². The molecule has 4 aliphatic carbocycles. The molecule has 4 saturated carbocycles. The molecule has 4 fully saturated rings. The molecule has 8 atom stereocenters. The smallest absolute Gasteiger partial charge is 0.303 e. The highest BCUT2D eigenvalue weighted by Crippen LogP contribution is 2.67. The van der Waals surface area contributed by atoms with E-state index in [9.17, 15) is 9.59 Å². The van der Waals surface area contributed by atoms with E-state index in [1.165, 1.54) is 44.9 Å². The molecule has 0 aromatic carbocycles. The minimum atomic E-state index is -0.655. The van der Waals surface area contributed by atoms with Gasteiger partial charge in [0.25, 0.3) is 0 Å². The Bertz CT molecular complexity index is 775. The van der Waals surface area contributed by atoms with Crippen molar-refractivity contribution in [2.24, 2.45) is 40.4 Å². The third-order valence-corrected chi connectivity index (χ3v) is 11.2. The Morgan fingerprint density at radius 2 is 1.62 bits per heavy atom. The Labute approximate surface area is 223 Å². The molecular formula is C30H51NO6. The van der Waals surface area contributed by atoms with E-state index in [0.29, 0.717) is 55.5 Å². The van der Waals surface area contributed by atoms with Crippen molar-refractivity contribution in [2.75, 3.05) is 40.1 Å². The van der Waals surface area contributed by atoms with Gasteiger partial charge in [0.05, 0.1) is 26.4 Å². The first kappa shape index (κ1) is 28.8. The van der Waals surface area contributed by atoms with E-state index in [-0.39, 0.29) is 18.6 Å². The van der Waals surface area contributed by atoms with Crippen LogP contribution in [0.3, 0.4) is 0 Å². The topological polar surface area (TPSA) is 94.1 Å². The van der Waals surface area contributed by atoms with Gasteiger partial charge in [-0.05, 0) is 111 Å². The molecule has 7 heteroatoms. The van der Waals surface area contributed by atoms with Gasteiger partial charge in [-0.3, -0.25) is 9.59 Å². The maximum atomic E-state index is 12.5. The van der Waals surface area contributed by atoms with Crippen LogP contribution in [-0.2, 0) is 23.8 Å². The van der Waals surface area contributed by atoms with Gasteiger partial charge in [-0.1, -0.05) is 13.8 Å². The number of methoxy groups -OCH3 is 1. The zero-order chi connectivity index (χ0) is 26.5. The lowest BCUT2D eigenvalue weighted by Gasteiger charge is -2.61. The van der Waals surface area contributed by atoms with Crippen LogP contribution in [0.25, 0.3) is 0 Å². The molecule has 0 heterocycles. The van der Waals surface area contributed by atoms with E-state index in [4.69, 9.17) is 19.3 Å². The van der Waals surface area contributed by atoms with Crippen LogP contribution in [0.1, 0.15) is 90.9 Å². The summed E-state index contributed by atoms with van der Waals surface area (Å²) in [5.74, 6) is 3.18. The minimum Gasteiger partial charge on any atom is -0.481 e. The van der Waals surface area contributed by atoms with Crippen molar-refractivity contribution in [1.29, 1.82) is 0 Å². The summed E-state index contributed by atoms with van der Waals surface area (Å²) in [5.41, 5.74) is 0.797. The van der Waals surface area contributed by atoms with Gasteiger partial charge in [-0.15, -0.1) is 0 Å². The number of fused-ring (bicyclic) bond motifs is 5. The van der Waals surface area contributed by atoms with Crippen LogP contribution in [0, 0.1) is 40.4 Å². The van der Waals surface area contributed by atoms with E-state index < -0.39 is 5.97 Å². The third kappa shape index (κ3) is 6.52. The molecule has 4 aliphatic rings. The Morgan fingerprint density at radius 3 is 2.41 bits per heavy atom. The standard InChI is InChI=1S/C30H51NO6/c1-29-14-12-26-24(25(29)10-8-21(29)5-4-6-28(33)34)9-7-22-19-23(11-13-30(22,26)2)31-27(32)20-37-18-17-36-16-15-35-3/h21-26H,4-20H2,1-3H3,(H,31,32)(H,33,34). The number of aliphatic carboxylic acids is 1. The van der Waals surface area contributed by atoms with E-state index in [1.807, 2.05) is 0 Å². The second-order valence-electron chi connectivity index (χ2n) is 13.0. The normalized spacial score (nSPS) is 38.9. The number of carboxylic acid groups (broad SMARTS) is 1. The number of amides is 1. The lowest BCUT2D eigenvalue weighted by molar-refractivity contribution is -0.137. The number of hydrogen-bond acceptors (Lipinski definition) is 5. The lowest BCUT2D eigenvalue weighted by Crippen LogP contribution is -2.55. The van der Waals surface area contributed by atoms with Crippen molar-refractivity contribution in [1.82, 2.24) is 5.32 Å². The summed E-state index contributed by atoms with van der Waals surface area (Å²) in [6.07, 6.45) is 13.5. The average Bonchev–Trinajstić information content (AvgIpc) is 3.20. The van der Waals surface area contributed by atoms with Gasteiger partial charge >= 0.3 is 5.97 Å². The van der Waals surface area contributed by atoms with Crippen molar-refractivity contribution in [3.63, 3.8) is 0 Å². The maximum Gasteiger partial charge on any atom is 0.303 e. The number of carboxylic acids is 1. The number of carbonyl (C=O) groups excluding carboxylic acids is 1. The summed E-state index contributed by atoms with van der Waals surface area (Å²) in [4.78, 5) is 23.5. The molecule has 0 aromatic rings. The van der Waals surface area contributed by atoms with Crippen LogP contribution in [0.5, 0.6) is 0 Å². The van der Waals surface area contributed by atoms with Crippen LogP contribution >= 0.6 is 0 Å². The number of nitrogens with one attached hydrogen (secondary N) is 1. The molecule has 0 aliphatic heterocycles. The molecule has 8 unspecified atom stereocenters. The van der Waals surface area contributed by atoms with Gasteiger partial charge in [0.2, 0.25) is 5.91 Å². The number of ether oxygens (including phenoxy) is 3. The summed E-state index contributed by atoms with van der Waals surface area (Å²) >= 11 is 0. The lowest BCUT2D eigenvalue weighted by atomic mass is 9.44. The molecule has 2 N–H and O–H groups in total. The Kier molecular flexibility index (Phi) is 9.96. The largest absolute Gasteiger partial charge is 0.481 e. The minimum absolute atomic E-state index is 0.00694. The second kappa shape index (κ2) is 12.8. The van der Waals surface area contributed by atoms with E-state index >= 15 is 0 Å². The Balaban J connectivity index is 1.25. The molecule has 37 heavy (non-hydrogen) atoms. The quantitative estimate of drug-likeness (QED) is 0.329. The van der Waals surface area contributed by atoms with Gasteiger partial charge in [-0.25, -0.2) is 0 Å². The van der Waals surface area contributed by atoms with E-state index in [0.717, 1.165) is 43.4 Å². The predicted molar refractivity (Wildman–Crippen MR) is 142 cm³/mol. The first-order valence-corrected chi connectivity index (χ1v) is 14.9. The van der Waals surface area contributed by atoms with Gasteiger partial charge in [0.15, 0.2) is 0 Å². The summed E-state index contributed by atoms with van der Waals surface area (Å²) in [7, 11) is 1.65. The first-order valence-electron chi connectivity index (χ1n) is 14.9. The van der Waals surface area contributed by atoms with Crippen molar-refractivity contribution < 1.29 is 28.9 Å². The second-order valence-corrected chi connectivity index (χ2v) is 13.0. The van der Waals surface area contributed by atoms with Crippen molar-refractivity contribution in [3.8, 4) is 0 Å². The van der Waals surface area contributed by atoms with Crippen molar-refractivity contribution in [3.05, 3.63) is 0 Å². The first-order chi connectivity index (χ1) is 17.8. The van der Waals surface area contributed by atoms with Crippen LogP contribution in [0.2, 0.25) is 0 Å². The van der Waals surface area contributed by atoms with E-state index in [2.05, 4.69) is 19.2 Å². The van der Waals surface area contributed by atoms with Crippen molar-refractivity contribution in [2.45, 2.75) is 96.9 Å². The molecule has 0 radical (unpaired) electrons. The van der Waals surface area contributed by atoms with Gasteiger partial charge in [0, 0.05) is 19.6 Å². The predicted octanol–water partition coefficient (Wildman–Crippen LogP) is 5.06. The Morgan fingerprint density at radius 1 is 0.892 bits per heavy atom. The van der Waals surface area contributed by atoms with Crippen LogP contribution < -0.4 is 5.32 Å². The summed E-state index contributed by atoms with van der Waals surface area (Å²) in [5, 5.41) is 12.4. The Hall–Kier alpha value is -1.18. The molecule has 7 nitrogen and oxygen atoms in total. The van der Waals surface area contributed by atoms with Gasteiger partial charge in [0.1, 0.15) is 6.61 Å². The number of rotatable bonds is 13. The molecule has 0 saturated heterocycles. The molecule has 0 aromatic heterocycles. The highest BCUT2D eigenvalue weighted by atomic mass is 16.5. The fourth-order valence-corrected chi connectivity index (χ4v) is 9.27. The van der Waals surface area contributed by atoms with Gasteiger partial charge < -0.3 is 24.6 Å². The third-order valence-electron chi connectivity index (χ3n) is 11.2. The molecule has 4 rings (SSSR count). The molecular weight excluding hydrogens is 470 g/mol. The summed E-state index contributed by atoms with van der Waals surface area (Å²) < 4.78 is 15.8. The van der Waals surface area contributed by atoms with E-state index in [1.54, 1.807) is 7.11 Å². The monoisotopic (exact) mass is 521 g/mol. The number of hydrogen-bond donors (Lipinski definition) is 2. The zero-order valence-corrected chi connectivity index (χ0v) is 23.5. The van der Waals surface area contributed by atoms with Crippen LogP contribution in [0.4, 0.5) is 0 Å². The fraction of sp³-hybridized carbons (Fsp3) is 0.933.